The maximum atomic E-state index is 11.5. The van der Waals surface area contributed by atoms with Gasteiger partial charge >= 0.3 is 5.97 Å². The number of benzene rings is 2. The molecule has 0 aromatic heterocycles. The molecule has 1 heterocycles. The highest BCUT2D eigenvalue weighted by Gasteiger charge is 2.27. The van der Waals surface area contributed by atoms with Crippen LogP contribution in [0.1, 0.15) is 32.4 Å². The van der Waals surface area contributed by atoms with Crippen molar-refractivity contribution in [2.24, 2.45) is 0 Å². The van der Waals surface area contributed by atoms with Crippen molar-refractivity contribution in [2.45, 2.75) is 33.2 Å². The maximum absolute atomic E-state index is 11.5. The second kappa shape index (κ2) is 6.39. The fourth-order valence-corrected chi connectivity index (χ4v) is 2.69. The number of esters is 1. The van der Waals surface area contributed by atoms with E-state index in [1.54, 1.807) is 0 Å². The van der Waals surface area contributed by atoms with Crippen LogP contribution in [-0.2, 0) is 14.3 Å². The summed E-state index contributed by atoms with van der Waals surface area (Å²) in [4.78, 5) is 11.5. The van der Waals surface area contributed by atoms with Gasteiger partial charge in [0.1, 0.15) is 0 Å². The fourth-order valence-electron chi connectivity index (χ4n) is 2.69. The van der Waals surface area contributed by atoms with Gasteiger partial charge in [0, 0.05) is 11.6 Å². The van der Waals surface area contributed by atoms with Gasteiger partial charge in [-0.1, -0.05) is 48.0 Å². The summed E-state index contributed by atoms with van der Waals surface area (Å²) in [5.41, 5.74) is 2.92. The molecule has 118 valence electrons. The van der Waals surface area contributed by atoms with Gasteiger partial charge in [0.05, 0.1) is 6.10 Å². The quantitative estimate of drug-likeness (QED) is 0.768. The van der Waals surface area contributed by atoms with Crippen molar-refractivity contribution in [3.63, 3.8) is 0 Å². The molecular weight excluding hydrogens is 288 g/mol. The summed E-state index contributed by atoms with van der Waals surface area (Å²) in [6, 6.07) is 14.4. The summed E-state index contributed by atoms with van der Waals surface area (Å²) in [5.74, 6) is -0.354. The first-order valence-corrected chi connectivity index (χ1v) is 7.74. The zero-order valence-corrected chi connectivity index (χ0v) is 13.6. The number of fused-ring (bicyclic) bond motifs is 1. The Morgan fingerprint density at radius 1 is 1.17 bits per heavy atom. The van der Waals surface area contributed by atoms with Crippen molar-refractivity contribution >= 4 is 16.7 Å². The number of cyclic esters (lactones) is 1. The maximum Gasteiger partial charge on any atom is 0.333 e. The van der Waals surface area contributed by atoms with E-state index in [2.05, 4.69) is 24.3 Å². The van der Waals surface area contributed by atoms with E-state index in [0.717, 1.165) is 16.7 Å². The molecule has 3 rings (SSSR count). The third-order valence-corrected chi connectivity index (χ3v) is 3.81. The molecule has 0 amide bonds. The molecule has 0 N–H and O–H groups in total. The van der Waals surface area contributed by atoms with Crippen LogP contribution >= 0.6 is 0 Å². The van der Waals surface area contributed by atoms with Crippen LogP contribution in [0.2, 0.25) is 0 Å². The van der Waals surface area contributed by atoms with E-state index in [4.69, 9.17) is 9.47 Å². The SMILES string of the molecule is CC(C)=CC1=CC(=O)OC1O[C@H](C)c1ccc2ccccc2c1. The molecule has 0 spiro atoms. The molecular formula is C20H20O3. The van der Waals surface area contributed by atoms with Gasteiger partial charge in [-0.2, -0.15) is 0 Å². The zero-order chi connectivity index (χ0) is 16.4. The molecule has 0 saturated heterocycles. The Balaban J connectivity index is 1.80. The Labute approximate surface area is 136 Å². The third kappa shape index (κ3) is 3.51. The highest BCUT2D eigenvalue weighted by molar-refractivity contribution is 5.86. The van der Waals surface area contributed by atoms with Crippen LogP contribution < -0.4 is 0 Å². The first-order valence-electron chi connectivity index (χ1n) is 7.74. The second-order valence-electron chi connectivity index (χ2n) is 6.02. The summed E-state index contributed by atoms with van der Waals surface area (Å²) >= 11 is 0. The van der Waals surface area contributed by atoms with Gasteiger partial charge in [-0.25, -0.2) is 4.79 Å². The Kier molecular flexibility index (Phi) is 4.30. The predicted molar refractivity (Wildman–Crippen MR) is 90.8 cm³/mol. The predicted octanol–water partition coefficient (Wildman–Crippen LogP) is 4.69. The van der Waals surface area contributed by atoms with E-state index in [1.807, 2.05) is 45.0 Å². The number of rotatable bonds is 4. The normalized spacial score (nSPS) is 18.5. The number of ether oxygens (including phenoxy) is 2. The first kappa shape index (κ1) is 15.5. The highest BCUT2D eigenvalue weighted by Crippen LogP contribution is 2.28. The van der Waals surface area contributed by atoms with E-state index < -0.39 is 6.29 Å². The number of carbonyl (C=O) groups is 1. The molecule has 1 aliphatic rings. The molecule has 2 atom stereocenters. The first-order chi connectivity index (χ1) is 11.0. The van der Waals surface area contributed by atoms with Crippen LogP contribution in [0.15, 0.2) is 65.8 Å². The molecule has 0 saturated carbocycles. The van der Waals surface area contributed by atoms with Crippen LogP contribution in [0.4, 0.5) is 0 Å². The molecule has 2 aromatic carbocycles. The van der Waals surface area contributed by atoms with Crippen LogP contribution in [0.25, 0.3) is 10.8 Å². The largest absolute Gasteiger partial charge is 0.428 e. The lowest BCUT2D eigenvalue weighted by molar-refractivity contribution is -0.166. The van der Waals surface area contributed by atoms with Gasteiger partial charge in [0.2, 0.25) is 6.29 Å². The van der Waals surface area contributed by atoms with Gasteiger partial charge < -0.3 is 9.47 Å². The van der Waals surface area contributed by atoms with Crippen LogP contribution in [0, 0.1) is 0 Å². The van der Waals surface area contributed by atoms with Crippen molar-refractivity contribution in [3.8, 4) is 0 Å². The average Bonchev–Trinajstić information content (AvgIpc) is 2.85. The van der Waals surface area contributed by atoms with Crippen LogP contribution in [0.5, 0.6) is 0 Å². The molecule has 0 bridgehead atoms. The monoisotopic (exact) mass is 308 g/mol. The molecule has 0 radical (unpaired) electrons. The van der Waals surface area contributed by atoms with Crippen molar-refractivity contribution in [1.29, 1.82) is 0 Å². The number of carbonyl (C=O) groups excluding carboxylic acids is 1. The minimum atomic E-state index is -0.640. The van der Waals surface area contributed by atoms with Gasteiger partial charge in [-0.3, -0.25) is 0 Å². The molecule has 2 aromatic rings. The molecule has 1 aliphatic heterocycles. The standard InChI is InChI=1S/C20H20O3/c1-13(2)10-18-12-19(21)23-20(18)22-14(3)16-9-8-15-6-4-5-7-17(15)11-16/h4-12,14,20H,1-3H3/t14-,20?/m1/s1. The summed E-state index contributed by atoms with van der Waals surface area (Å²) in [5, 5.41) is 2.37. The van der Waals surface area contributed by atoms with Crippen molar-refractivity contribution < 1.29 is 14.3 Å². The Morgan fingerprint density at radius 2 is 1.91 bits per heavy atom. The van der Waals surface area contributed by atoms with Gasteiger partial charge in [0.15, 0.2) is 0 Å². The summed E-state index contributed by atoms with van der Waals surface area (Å²) in [7, 11) is 0. The van der Waals surface area contributed by atoms with Gasteiger partial charge in [-0.15, -0.1) is 0 Å². The summed E-state index contributed by atoms with van der Waals surface area (Å²) in [6.07, 6.45) is 2.59. The molecule has 23 heavy (non-hydrogen) atoms. The van der Waals surface area contributed by atoms with Crippen molar-refractivity contribution in [2.75, 3.05) is 0 Å². The Bertz CT molecular complexity index is 797. The smallest absolute Gasteiger partial charge is 0.333 e. The lowest BCUT2D eigenvalue weighted by Gasteiger charge is -2.20. The van der Waals surface area contributed by atoms with E-state index >= 15 is 0 Å². The van der Waals surface area contributed by atoms with E-state index in [-0.39, 0.29) is 12.1 Å². The number of allylic oxidation sites excluding steroid dienone is 1. The fraction of sp³-hybridized carbons (Fsp3) is 0.250. The summed E-state index contributed by atoms with van der Waals surface area (Å²) < 4.78 is 11.2. The van der Waals surface area contributed by atoms with Crippen LogP contribution in [0.3, 0.4) is 0 Å². The third-order valence-electron chi connectivity index (χ3n) is 3.81. The highest BCUT2D eigenvalue weighted by atomic mass is 16.7. The molecule has 3 nitrogen and oxygen atoms in total. The second-order valence-corrected chi connectivity index (χ2v) is 6.02. The van der Waals surface area contributed by atoms with E-state index in [1.165, 1.54) is 16.8 Å². The lowest BCUT2D eigenvalue weighted by Crippen LogP contribution is -2.18. The lowest BCUT2D eigenvalue weighted by atomic mass is 10.0. The van der Waals surface area contributed by atoms with E-state index in [0.29, 0.717) is 0 Å². The van der Waals surface area contributed by atoms with E-state index in [9.17, 15) is 4.79 Å². The van der Waals surface area contributed by atoms with Gasteiger partial charge in [-0.05, 0) is 43.2 Å². The Morgan fingerprint density at radius 3 is 2.65 bits per heavy atom. The van der Waals surface area contributed by atoms with Gasteiger partial charge in [0.25, 0.3) is 0 Å². The minimum Gasteiger partial charge on any atom is -0.428 e. The summed E-state index contributed by atoms with van der Waals surface area (Å²) in [6.45, 7) is 5.93. The van der Waals surface area contributed by atoms with Crippen molar-refractivity contribution in [3.05, 3.63) is 71.3 Å². The van der Waals surface area contributed by atoms with Crippen molar-refractivity contribution in [1.82, 2.24) is 0 Å². The minimum absolute atomic E-state index is 0.176. The van der Waals surface area contributed by atoms with Crippen LogP contribution in [-0.4, -0.2) is 12.3 Å². The number of hydrogen-bond donors (Lipinski definition) is 0. The average molecular weight is 308 g/mol. The molecule has 3 heteroatoms. The number of hydrogen-bond acceptors (Lipinski definition) is 3. The molecule has 0 aliphatic carbocycles. The molecule has 0 fully saturated rings. The zero-order valence-electron chi connectivity index (χ0n) is 13.6. The topological polar surface area (TPSA) is 35.5 Å². The molecule has 1 unspecified atom stereocenters. The Hall–Kier alpha value is -2.39.